The van der Waals surface area contributed by atoms with Crippen molar-refractivity contribution in [3.63, 3.8) is 0 Å². The third-order valence-corrected chi connectivity index (χ3v) is 8.47. The van der Waals surface area contributed by atoms with Crippen LogP contribution < -0.4 is 0 Å². The first-order valence-electron chi connectivity index (χ1n) is 9.31. The Hall–Kier alpha value is -0.470. The number of fused-ring (bicyclic) bond motifs is 2. The number of hydrogen-bond donors (Lipinski definition) is 0. The lowest BCUT2D eigenvalue weighted by atomic mass is 9.77. The van der Waals surface area contributed by atoms with E-state index in [2.05, 4.69) is 44.0 Å². The molecule has 0 saturated carbocycles. The van der Waals surface area contributed by atoms with Crippen LogP contribution in [-0.2, 0) is 22.9 Å². The smallest absolute Gasteiger partial charge is 0.211 e. The predicted molar refractivity (Wildman–Crippen MR) is 119 cm³/mol. The lowest BCUT2D eigenvalue weighted by Crippen LogP contribution is -2.39. The molecule has 2 aromatic rings. The SMILES string of the molecule is CS(=O)(=O)N1CCC(C2c3ncc(Br)cc3CCc3cc(Cl)cc(Br)c32)CC1. The van der Waals surface area contributed by atoms with Gasteiger partial charge in [0.25, 0.3) is 0 Å². The average Bonchev–Trinajstić information content (AvgIpc) is 2.78. The molecule has 1 aliphatic heterocycles. The molecule has 0 N–H and O–H groups in total. The molecular weight excluding hydrogens is 528 g/mol. The van der Waals surface area contributed by atoms with Gasteiger partial charge in [-0.25, -0.2) is 12.7 Å². The van der Waals surface area contributed by atoms with Crippen LogP contribution in [0.2, 0.25) is 5.02 Å². The largest absolute Gasteiger partial charge is 0.259 e. The summed E-state index contributed by atoms with van der Waals surface area (Å²) in [6.45, 7) is 1.12. The number of benzene rings is 1. The van der Waals surface area contributed by atoms with E-state index in [0.29, 0.717) is 19.0 Å². The van der Waals surface area contributed by atoms with Gasteiger partial charge in [0.2, 0.25) is 10.0 Å². The molecule has 0 bridgehead atoms. The van der Waals surface area contributed by atoms with E-state index in [-0.39, 0.29) is 5.92 Å². The fraction of sp³-hybridized carbons (Fsp3) is 0.450. The topological polar surface area (TPSA) is 50.3 Å². The van der Waals surface area contributed by atoms with Gasteiger partial charge < -0.3 is 0 Å². The van der Waals surface area contributed by atoms with Gasteiger partial charge in [-0.1, -0.05) is 27.5 Å². The van der Waals surface area contributed by atoms with Crippen molar-refractivity contribution in [3.05, 3.63) is 60.7 Å². The molecule has 1 aromatic heterocycles. The minimum Gasteiger partial charge on any atom is -0.259 e. The molecule has 1 unspecified atom stereocenters. The van der Waals surface area contributed by atoms with Crippen LogP contribution in [0.25, 0.3) is 0 Å². The summed E-state index contributed by atoms with van der Waals surface area (Å²) in [6.07, 6.45) is 6.64. The third kappa shape index (κ3) is 4.06. The number of halogens is 3. The van der Waals surface area contributed by atoms with Gasteiger partial charge >= 0.3 is 0 Å². The minimum atomic E-state index is -3.14. The Morgan fingerprint density at radius 1 is 1.11 bits per heavy atom. The summed E-state index contributed by atoms with van der Waals surface area (Å²) in [4.78, 5) is 4.83. The van der Waals surface area contributed by atoms with Crippen LogP contribution in [0.3, 0.4) is 0 Å². The van der Waals surface area contributed by atoms with E-state index in [1.54, 1.807) is 4.31 Å². The maximum atomic E-state index is 11.9. The molecule has 28 heavy (non-hydrogen) atoms. The standard InChI is InChI=1S/C20H21Br2ClN2O2S/c1-28(26,27)25-6-4-12(5-7-25)19-18-13(9-16(23)10-17(18)22)2-3-14-8-15(21)11-24-20(14)19/h8-12,19H,2-7H2,1H3. The molecule has 150 valence electrons. The highest BCUT2D eigenvalue weighted by molar-refractivity contribution is 9.10. The van der Waals surface area contributed by atoms with E-state index < -0.39 is 10.0 Å². The van der Waals surface area contributed by atoms with Crippen molar-refractivity contribution in [1.82, 2.24) is 9.29 Å². The Labute approximate surface area is 188 Å². The van der Waals surface area contributed by atoms with E-state index in [9.17, 15) is 8.42 Å². The monoisotopic (exact) mass is 546 g/mol. The van der Waals surface area contributed by atoms with Crippen LogP contribution in [0.1, 0.15) is 41.1 Å². The second-order valence-corrected chi connectivity index (χ2v) is 11.8. The summed E-state index contributed by atoms with van der Waals surface area (Å²) in [5.41, 5.74) is 4.88. The predicted octanol–water partition coefficient (Wildman–Crippen LogP) is 5.16. The van der Waals surface area contributed by atoms with Crippen molar-refractivity contribution < 1.29 is 8.42 Å². The average molecular weight is 549 g/mol. The van der Waals surface area contributed by atoms with E-state index in [1.807, 2.05) is 12.3 Å². The van der Waals surface area contributed by atoms with Gasteiger partial charge in [0.15, 0.2) is 0 Å². The molecule has 1 atom stereocenters. The molecule has 2 aliphatic rings. The summed E-state index contributed by atoms with van der Waals surface area (Å²) in [6, 6.07) is 6.20. The van der Waals surface area contributed by atoms with Gasteiger partial charge in [0, 0.05) is 39.2 Å². The van der Waals surface area contributed by atoms with Crippen molar-refractivity contribution in [2.24, 2.45) is 5.92 Å². The number of nitrogens with zero attached hydrogens (tertiary/aromatic N) is 2. The Bertz CT molecular complexity index is 1020. The molecule has 1 aromatic carbocycles. The van der Waals surface area contributed by atoms with E-state index >= 15 is 0 Å². The number of rotatable bonds is 2. The first kappa shape index (κ1) is 20.8. The Balaban J connectivity index is 1.79. The molecular formula is C20H21Br2ClN2O2S. The molecule has 2 heterocycles. The van der Waals surface area contributed by atoms with Crippen LogP contribution in [-0.4, -0.2) is 37.1 Å². The number of aryl methyl sites for hydroxylation is 2. The van der Waals surface area contributed by atoms with Crippen LogP contribution >= 0.6 is 43.5 Å². The molecule has 1 fully saturated rings. The highest BCUT2D eigenvalue weighted by Gasteiger charge is 2.36. The minimum absolute atomic E-state index is 0.133. The van der Waals surface area contributed by atoms with E-state index in [1.165, 1.54) is 22.9 Å². The van der Waals surface area contributed by atoms with Crippen LogP contribution in [0, 0.1) is 5.92 Å². The second kappa shape index (κ2) is 7.99. The van der Waals surface area contributed by atoms with Gasteiger partial charge in [-0.05, 0) is 82.4 Å². The summed E-state index contributed by atoms with van der Waals surface area (Å²) >= 11 is 13.7. The number of sulfonamides is 1. The Morgan fingerprint density at radius 2 is 1.79 bits per heavy atom. The molecule has 8 heteroatoms. The quantitative estimate of drug-likeness (QED) is 0.521. The zero-order valence-electron chi connectivity index (χ0n) is 15.5. The van der Waals surface area contributed by atoms with Crippen LogP contribution in [0.5, 0.6) is 0 Å². The number of hydrogen-bond acceptors (Lipinski definition) is 3. The number of aromatic nitrogens is 1. The molecule has 4 rings (SSSR count). The summed E-state index contributed by atoms with van der Waals surface area (Å²) in [5, 5.41) is 0.733. The number of pyridine rings is 1. The lowest BCUT2D eigenvalue weighted by molar-refractivity contribution is 0.255. The fourth-order valence-electron chi connectivity index (χ4n) is 4.57. The first-order valence-corrected chi connectivity index (χ1v) is 13.1. The zero-order valence-corrected chi connectivity index (χ0v) is 20.2. The summed E-state index contributed by atoms with van der Waals surface area (Å²) < 4.78 is 27.5. The Morgan fingerprint density at radius 3 is 2.46 bits per heavy atom. The first-order chi connectivity index (χ1) is 13.2. The van der Waals surface area contributed by atoms with Gasteiger partial charge in [-0.15, -0.1) is 0 Å². The highest BCUT2D eigenvalue weighted by Crippen LogP contribution is 2.46. The maximum absolute atomic E-state index is 11.9. The fourth-order valence-corrected chi connectivity index (χ4v) is 6.94. The van der Waals surface area contributed by atoms with Crippen molar-refractivity contribution >= 4 is 53.5 Å². The van der Waals surface area contributed by atoms with Gasteiger partial charge in [0.1, 0.15) is 0 Å². The van der Waals surface area contributed by atoms with Gasteiger partial charge in [-0.2, -0.15) is 0 Å². The molecule has 4 nitrogen and oxygen atoms in total. The zero-order chi connectivity index (χ0) is 20.1. The molecule has 0 radical (unpaired) electrons. The third-order valence-electron chi connectivity index (χ3n) is 5.86. The van der Waals surface area contributed by atoms with Crippen molar-refractivity contribution in [1.29, 1.82) is 0 Å². The Kier molecular flexibility index (Phi) is 5.93. The van der Waals surface area contributed by atoms with E-state index in [4.69, 9.17) is 16.6 Å². The lowest BCUT2D eigenvalue weighted by Gasteiger charge is -2.36. The van der Waals surface area contributed by atoms with Crippen molar-refractivity contribution in [2.75, 3.05) is 19.3 Å². The van der Waals surface area contributed by atoms with Crippen molar-refractivity contribution in [2.45, 2.75) is 31.6 Å². The van der Waals surface area contributed by atoms with Gasteiger partial charge in [0.05, 0.1) is 11.9 Å². The second-order valence-electron chi connectivity index (χ2n) is 7.64. The van der Waals surface area contributed by atoms with Crippen molar-refractivity contribution in [3.8, 4) is 0 Å². The van der Waals surface area contributed by atoms with Gasteiger partial charge in [-0.3, -0.25) is 4.98 Å². The summed E-state index contributed by atoms with van der Waals surface area (Å²) in [5.74, 6) is 0.466. The summed E-state index contributed by atoms with van der Waals surface area (Å²) in [7, 11) is -3.14. The molecule has 0 amide bonds. The van der Waals surface area contributed by atoms with E-state index in [0.717, 1.165) is 45.3 Å². The number of piperidine rings is 1. The van der Waals surface area contributed by atoms with Crippen LogP contribution in [0.4, 0.5) is 0 Å². The highest BCUT2D eigenvalue weighted by atomic mass is 79.9. The normalized spacial score (nSPS) is 21.1. The molecule has 1 aliphatic carbocycles. The van der Waals surface area contributed by atoms with Crippen LogP contribution in [0.15, 0.2) is 33.3 Å². The maximum Gasteiger partial charge on any atom is 0.211 e. The molecule has 1 saturated heterocycles. The molecule has 0 spiro atoms.